The lowest BCUT2D eigenvalue weighted by molar-refractivity contribution is 0.324. The fraction of sp³-hybridized carbons (Fsp3) is 0.190. The van der Waals surface area contributed by atoms with E-state index in [2.05, 4.69) is 15.4 Å². The largest absolute Gasteiger partial charge is 0.493 e. The number of pyridine rings is 1. The van der Waals surface area contributed by atoms with Crippen LogP contribution in [-0.2, 0) is 6.54 Å². The van der Waals surface area contributed by atoms with E-state index in [0.717, 1.165) is 28.2 Å². The molecule has 0 bridgehead atoms. The van der Waals surface area contributed by atoms with Crippen molar-refractivity contribution in [1.82, 2.24) is 19.6 Å². The van der Waals surface area contributed by atoms with Crippen molar-refractivity contribution in [3.63, 3.8) is 0 Å². The van der Waals surface area contributed by atoms with Gasteiger partial charge >= 0.3 is 0 Å². The van der Waals surface area contributed by atoms with Gasteiger partial charge in [0, 0.05) is 30.7 Å². The number of rotatable bonds is 7. The Morgan fingerprint density at radius 3 is 2.45 bits per heavy atom. The summed E-state index contributed by atoms with van der Waals surface area (Å²) in [6.07, 6.45) is 7.22. The van der Waals surface area contributed by atoms with Crippen LogP contribution >= 0.6 is 0 Å². The maximum absolute atomic E-state index is 5.47. The van der Waals surface area contributed by atoms with Crippen LogP contribution in [0, 0.1) is 0 Å². The number of hydrogen-bond donors (Lipinski definition) is 1. The number of ether oxygens (including phenoxy) is 3. The zero-order valence-electron chi connectivity index (χ0n) is 16.4. The second kappa shape index (κ2) is 8.05. The predicted octanol–water partition coefficient (Wildman–Crippen LogP) is 3.43. The van der Waals surface area contributed by atoms with Gasteiger partial charge in [0.05, 0.1) is 27.5 Å². The molecule has 0 aliphatic rings. The van der Waals surface area contributed by atoms with Crippen LogP contribution in [0.25, 0.3) is 16.8 Å². The third-order valence-corrected chi connectivity index (χ3v) is 4.54. The molecule has 0 saturated carbocycles. The van der Waals surface area contributed by atoms with Gasteiger partial charge in [0.25, 0.3) is 0 Å². The summed E-state index contributed by atoms with van der Waals surface area (Å²) in [6.45, 7) is 0.630. The summed E-state index contributed by atoms with van der Waals surface area (Å²) < 4.78 is 18.1. The van der Waals surface area contributed by atoms with E-state index in [9.17, 15) is 0 Å². The summed E-state index contributed by atoms with van der Waals surface area (Å²) in [5.41, 5.74) is 3.52. The SMILES string of the molecule is COc1cc(-c2cnn3ccc(NCc4cccnc4)nc23)cc(OC)c1OC. The molecule has 0 spiro atoms. The van der Waals surface area contributed by atoms with Gasteiger partial charge in [-0.2, -0.15) is 5.10 Å². The van der Waals surface area contributed by atoms with Gasteiger partial charge in [-0.05, 0) is 35.4 Å². The van der Waals surface area contributed by atoms with Crippen molar-refractivity contribution in [3.05, 3.63) is 60.7 Å². The van der Waals surface area contributed by atoms with Crippen LogP contribution in [0.5, 0.6) is 17.2 Å². The van der Waals surface area contributed by atoms with Crippen molar-refractivity contribution in [2.24, 2.45) is 0 Å². The smallest absolute Gasteiger partial charge is 0.203 e. The van der Waals surface area contributed by atoms with Crippen LogP contribution in [-0.4, -0.2) is 40.9 Å². The average Bonchev–Trinajstić information content (AvgIpc) is 3.20. The van der Waals surface area contributed by atoms with Crippen LogP contribution in [0.3, 0.4) is 0 Å². The number of nitrogens with one attached hydrogen (secondary N) is 1. The monoisotopic (exact) mass is 391 g/mol. The van der Waals surface area contributed by atoms with E-state index in [-0.39, 0.29) is 0 Å². The van der Waals surface area contributed by atoms with Crippen molar-refractivity contribution in [3.8, 4) is 28.4 Å². The number of fused-ring (bicyclic) bond motifs is 1. The van der Waals surface area contributed by atoms with E-state index in [0.29, 0.717) is 23.8 Å². The lowest BCUT2D eigenvalue weighted by atomic mass is 10.1. The van der Waals surface area contributed by atoms with Gasteiger partial charge in [0.15, 0.2) is 17.1 Å². The molecule has 0 fully saturated rings. The lowest BCUT2D eigenvalue weighted by Gasteiger charge is -2.13. The summed E-state index contributed by atoms with van der Waals surface area (Å²) >= 11 is 0. The summed E-state index contributed by atoms with van der Waals surface area (Å²) in [5.74, 6) is 2.44. The van der Waals surface area contributed by atoms with Crippen molar-refractivity contribution < 1.29 is 14.2 Å². The van der Waals surface area contributed by atoms with Gasteiger partial charge in [0.1, 0.15) is 5.82 Å². The van der Waals surface area contributed by atoms with E-state index in [1.165, 1.54) is 0 Å². The highest BCUT2D eigenvalue weighted by atomic mass is 16.5. The summed E-state index contributed by atoms with van der Waals surface area (Å²) in [6, 6.07) is 9.58. The maximum Gasteiger partial charge on any atom is 0.203 e. The first-order chi connectivity index (χ1) is 14.2. The summed E-state index contributed by atoms with van der Waals surface area (Å²) in [7, 11) is 4.77. The van der Waals surface area contributed by atoms with Gasteiger partial charge in [0.2, 0.25) is 5.75 Å². The minimum Gasteiger partial charge on any atom is -0.493 e. The van der Waals surface area contributed by atoms with Crippen LogP contribution in [0.2, 0.25) is 0 Å². The van der Waals surface area contributed by atoms with Gasteiger partial charge in [-0.25, -0.2) is 9.50 Å². The summed E-state index contributed by atoms with van der Waals surface area (Å²) in [4.78, 5) is 8.87. The molecule has 0 atom stereocenters. The third-order valence-electron chi connectivity index (χ3n) is 4.54. The first-order valence-electron chi connectivity index (χ1n) is 9.01. The van der Waals surface area contributed by atoms with E-state index < -0.39 is 0 Å². The molecule has 8 nitrogen and oxygen atoms in total. The Hall–Kier alpha value is -3.81. The highest BCUT2D eigenvalue weighted by Crippen LogP contribution is 2.41. The zero-order chi connectivity index (χ0) is 20.2. The molecule has 8 heteroatoms. The number of methoxy groups -OCH3 is 3. The molecule has 3 heterocycles. The Morgan fingerprint density at radius 1 is 1.00 bits per heavy atom. The fourth-order valence-corrected chi connectivity index (χ4v) is 3.10. The molecule has 0 aliphatic carbocycles. The van der Waals surface area contributed by atoms with Crippen LogP contribution in [0.4, 0.5) is 5.82 Å². The molecule has 0 radical (unpaired) electrons. The fourth-order valence-electron chi connectivity index (χ4n) is 3.10. The van der Waals surface area contributed by atoms with E-state index in [4.69, 9.17) is 19.2 Å². The Labute approximate surface area is 168 Å². The lowest BCUT2D eigenvalue weighted by Crippen LogP contribution is -2.03. The first kappa shape index (κ1) is 18.5. The molecule has 1 N–H and O–H groups in total. The van der Waals surface area contributed by atoms with Gasteiger partial charge in [-0.1, -0.05) is 6.07 Å². The minimum atomic E-state index is 0.544. The summed E-state index contributed by atoms with van der Waals surface area (Å²) in [5, 5.41) is 7.73. The van der Waals surface area contributed by atoms with Gasteiger partial charge in [-0.15, -0.1) is 0 Å². The predicted molar refractivity (Wildman–Crippen MR) is 110 cm³/mol. The first-order valence-corrected chi connectivity index (χ1v) is 9.01. The van der Waals surface area contributed by atoms with E-state index >= 15 is 0 Å². The van der Waals surface area contributed by atoms with Crippen LogP contribution in [0.1, 0.15) is 5.56 Å². The molecule has 0 amide bonds. The van der Waals surface area contributed by atoms with Crippen molar-refractivity contribution in [1.29, 1.82) is 0 Å². The molecular weight excluding hydrogens is 370 g/mol. The van der Waals surface area contributed by atoms with Crippen molar-refractivity contribution in [2.75, 3.05) is 26.6 Å². The second-order valence-electron chi connectivity index (χ2n) is 6.27. The topological polar surface area (TPSA) is 82.8 Å². The van der Waals surface area contributed by atoms with Gasteiger partial charge < -0.3 is 19.5 Å². The van der Waals surface area contributed by atoms with Crippen molar-refractivity contribution >= 4 is 11.5 Å². The van der Waals surface area contributed by atoms with E-state index in [1.54, 1.807) is 38.2 Å². The molecule has 3 aromatic heterocycles. The molecule has 29 heavy (non-hydrogen) atoms. The molecule has 4 rings (SSSR count). The standard InChI is InChI=1S/C21H21N5O3/c1-27-17-9-15(10-18(28-2)20(17)29-3)16-13-24-26-8-6-19(25-21(16)26)23-12-14-5-4-7-22-11-14/h4-11,13H,12H2,1-3H3,(H,23,25). The van der Waals surface area contributed by atoms with Crippen LogP contribution in [0.15, 0.2) is 55.1 Å². The Kier molecular flexibility index (Phi) is 5.15. The highest BCUT2D eigenvalue weighted by molar-refractivity contribution is 5.80. The minimum absolute atomic E-state index is 0.544. The number of hydrogen-bond acceptors (Lipinski definition) is 7. The quantitative estimate of drug-likeness (QED) is 0.517. The molecule has 0 saturated heterocycles. The number of aromatic nitrogens is 4. The second-order valence-corrected chi connectivity index (χ2v) is 6.27. The van der Waals surface area contributed by atoms with Gasteiger partial charge in [-0.3, -0.25) is 4.98 Å². The van der Waals surface area contributed by atoms with E-state index in [1.807, 2.05) is 42.7 Å². The molecular formula is C21H21N5O3. The number of benzene rings is 1. The normalized spacial score (nSPS) is 10.7. The molecule has 4 aromatic rings. The maximum atomic E-state index is 5.47. The molecule has 0 aliphatic heterocycles. The highest BCUT2D eigenvalue weighted by Gasteiger charge is 2.17. The van der Waals surface area contributed by atoms with Crippen molar-refractivity contribution in [2.45, 2.75) is 6.54 Å². The zero-order valence-corrected chi connectivity index (χ0v) is 16.4. The Balaban J connectivity index is 1.71. The Morgan fingerprint density at radius 2 is 1.79 bits per heavy atom. The third kappa shape index (κ3) is 3.64. The average molecular weight is 391 g/mol. The number of nitrogens with zero attached hydrogens (tertiary/aromatic N) is 4. The Bertz CT molecular complexity index is 1100. The molecule has 1 aromatic carbocycles. The van der Waals surface area contributed by atoms with Crippen LogP contribution < -0.4 is 19.5 Å². The molecule has 0 unspecified atom stereocenters. The number of anilines is 1. The molecule has 148 valence electrons.